The molecule has 2 aromatic rings. The van der Waals surface area contributed by atoms with Crippen LogP contribution in [0.3, 0.4) is 0 Å². The summed E-state index contributed by atoms with van der Waals surface area (Å²) < 4.78 is 0. The third kappa shape index (κ3) is 3.74. The van der Waals surface area contributed by atoms with E-state index in [1.54, 1.807) is 18.7 Å². The smallest absolute Gasteiger partial charge is 0.140 e. The molecule has 0 atom stereocenters. The summed E-state index contributed by atoms with van der Waals surface area (Å²) in [6.07, 6.45) is 4.68. The monoisotopic (exact) mass is 365 g/mol. The van der Waals surface area contributed by atoms with E-state index in [0.29, 0.717) is 5.78 Å². The van der Waals surface area contributed by atoms with Gasteiger partial charge in [-0.2, -0.15) is 0 Å². The van der Waals surface area contributed by atoms with Crippen LogP contribution < -0.4 is 0 Å². The van der Waals surface area contributed by atoms with Crippen LogP contribution in [0.5, 0.6) is 0 Å². The molecule has 2 nitrogen and oxygen atoms in total. The first-order chi connectivity index (χ1) is 12.7. The second-order valence-electron chi connectivity index (χ2n) is 7.79. The lowest BCUT2D eigenvalue weighted by Crippen LogP contribution is -2.47. The summed E-state index contributed by atoms with van der Waals surface area (Å²) in [5, 5.41) is 0. The first-order valence-corrected chi connectivity index (χ1v) is 10.5. The van der Waals surface area contributed by atoms with E-state index >= 15 is 0 Å². The van der Waals surface area contributed by atoms with E-state index in [4.69, 9.17) is 0 Å². The maximum atomic E-state index is 12.8. The lowest BCUT2D eigenvalue weighted by molar-refractivity contribution is -0.124. The van der Waals surface area contributed by atoms with Crippen molar-refractivity contribution in [1.29, 1.82) is 0 Å². The molecule has 1 heterocycles. The van der Waals surface area contributed by atoms with Crippen LogP contribution in [0.4, 0.5) is 0 Å². The van der Waals surface area contributed by atoms with Crippen LogP contribution in [0.15, 0.2) is 64.4 Å². The SMILES string of the molecule is CC(=O)C1(c2ccccc2Sc2ccccc2)CCN(CC2CC2)CC1. The quantitative estimate of drug-likeness (QED) is 0.704. The normalized spacial score (nSPS) is 20.0. The Morgan fingerprint density at radius 3 is 2.35 bits per heavy atom. The molecule has 2 fully saturated rings. The molecule has 1 saturated heterocycles. The molecule has 1 saturated carbocycles. The Morgan fingerprint density at radius 2 is 1.69 bits per heavy atom. The third-order valence-corrected chi connectivity index (χ3v) is 7.05. The van der Waals surface area contributed by atoms with Crippen molar-refractivity contribution in [2.45, 2.75) is 47.8 Å². The highest BCUT2D eigenvalue weighted by atomic mass is 32.2. The van der Waals surface area contributed by atoms with Crippen molar-refractivity contribution in [3.63, 3.8) is 0 Å². The second-order valence-corrected chi connectivity index (χ2v) is 8.91. The summed E-state index contributed by atoms with van der Waals surface area (Å²) in [5.74, 6) is 1.24. The summed E-state index contributed by atoms with van der Waals surface area (Å²) in [6.45, 7) is 5.11. The zero-order valence-electron chi connectivity index (χ0n) is 15.5. The van der Waals surface area contributed by atoms with Crippen LogP contribution in [-0.4, -0.2) is 30.3 Å². The van der Waals surface area contributed by atoms with E-state index < -0.39 is 0 Å². The molecular formula is C23H27NOS. The van der Waals surface area contributed by atoms with Crippen molar-refractivity contribution in [3.05, 3.63) is 60.2 Å². The Morgan fingerprint density at radius 1 is 1.04 bits per heavy atom. The van der Waals surface area contributed by atoms with Gasteiger partial charge < -0.3 is 4.90 Å². The molecule has 136 valence electrons. The Balaban J connectivity index is 1.60. The summed E-state index contributed by atoms with van der Waals surface area (Å²) in [6, 6.07) is 19.0. The molecule has 0 amide bonds. The molecule has 0 unspecified atom stereocenters. The predicted molar refractivity (Wildman–Crippen MR) is 108 cm³/mol. The molecule has 4 rings (SSSR count). The number of rotatable bonds is 6. The van der Waals surface area contributed by atoms with E-state index in [2.05, 4.69) is 53.4 Å². The summed E-state index contributed by atoms with van der Waals surface area (Å²) >= 11 is 1.78. The second kappa shape index (κ2) is 7.58. The van der Waals surface area contributed by atoms with Gasteiger partial charge in [0.1, 0.15) is 5.78 Å². The van der Waals surface area contributed by atoms with Gasteiger partial charge in [0, 0.05) is 16.3 Å². The maximum Gasteiger partial charge on any atom is 0.140 e. The average molecular weight is 366 g/mol. The fourth-order valence-electron chi connectivity index (χ4n) is 4.16. The van der Waals surface area contributed by atoms with Crippen LogP contribution in [-0.2, 0) is 10.2 Å². The molecule has 0 bridgehead atoms. The van der Waals surface area contributed by atoms with Gasteiger partial charge in [-0.25, -0.2) is 0 Å². The van der Waals surface area contributed by atoms with Crippen molar-refractivity contribution >= 4 is 17.5 Å². The Kier molecular flexibility index (Phi) is 5.19. The largest absolute Gasteiger partial charge is 0.303 e. The first kappa shape index (κ1) is 17.8. The van der Waals surface area contributed by atoms with E-state index in [9.17, 15) is 4.79 Å². The minimum absolute atomic E-state index is 0.321. The Hall–Kier alpha value is -1.58. The molecule has 2 aromatic carbocycles. The van der Waals surface area contributed by atoms with Crippen molar-refractivity contribution in [2.24, 2.45) is 5.92 Å². The standard InChI is InChI=1S/C23H27NOS/c1-18(25)23(13-15-24(16-14-23)17-19-11-12-19)21-9-5-6-10-22(21)26-20-7-3-2-4-8-20/h2-10,19H,11-17H2,1H3. The van der Waals surface area contributed by atoms with Gasteiger partial charge in [0.15, 0.2) is 0 Å². The van der Waals surface area contributed by atoms with Crippen molar-refractivity contribution < 1.29 is 4.79 Å². The highest BCUT2D eigenvalue weighted by molar-refractivity contribution is 7.99. The van der Waals surface area contributed by atoms with Crippen LogP contribution >= 0.6 is 11.8 Å². The zero-order chi connectivity index (χ0) is 18.0. The Labute approximate surface area is 161 Å². The van der Waals surface area contributed by atoms with Crippen LogP contribution in [0, 0.1) is 5.92 Å². The molecule has 0 radical (unpaired) electrons. The van der Waals surface area contributed by atoms with Crippen LogP contribution in [0.25, 0.3) is 0 Å². The number of Topliss-reactive ketones (excluding diaryl/α,β-unsaturated/α-hetero) is 1. The molecule has 0 aromatic heterocycles. The molecule has 1 aliphatic carbocycles. The number of piperidine rings is 1. The van der Waals surface area contributed by atoms with Gasteiger partial charge in [0.2, 0.25) is 0 Å². The predicted octanol–water partition coefficient (Wildman–Crippen LogP) is 5.17. The van der Waals surface area contributed by atoms with Gasteiger partial charge >= 0.3 is 0 Å². The fraction of sp³-hybridized carbons (Fsp3) is 0.435. The van der Waals surface area contributed by atoms with Crippen LogP contribution in [0.2, 0.25) is 0 Å². The number of ketones is 1. The number of likely N-dealkylation sites (tertiary alicyclic amines) is 1. The number of nitrogens with zero attached hydrogens (tertiary/aromatic N) is 1. The first-order valence-electron chi connectivity index (χ1n) is 9.73. The van der Waals surface area contributed by atoms with E-state index in [1.165, 1.54) is 34.7 Å². The van der Waals surface area contributed by atoms with Gasteiger partial charge in [-0.3, -0.25) is 4.79 Å². The number of benzene rings is 2. The Bertz CT molecular complexity index is 761. The number of carbonyl (C=O) groups is 1. The van der Waals surface area contributed by atoms with Gasteiger partial charge in [0.25, 0.3) is 0 Å². The molecule has 26 heavy (non-hydrogen) atoms. The number of hydrogen-bond acceptors (Lipinski definition) is 3. The minimum Gasteiger partial charge on any atom is -0.303 e. The number of hydrogen-bond donors (Lipinski definition) is 0. The van der Waals surface area contributed by atoms with Gasteiger partial charge in [-0.15, -0.1) is 0 Å². The van der Waals surface area contributed by atoms with Gasteiger partial charge in [0.05, 0.1) is 5.41 Å². The lowest BCUT2D eigenvalue weighted by atomic mass is 9.70. The fourth-order valence-corrected chi connectivity index (χ4v) is 5.23. The van der Waals surface area contributed by atoms with E-state index in [-0.39, 0.29) is 5.41 Å². The molecule has 1 aliphatic heterocycles. The van der Waals surface area contributed by atoms with E-state index in [0.717, 1.165) is 31.8 Å². The molecule has 0 spiro atoms. The molecule has 0 N–H and O–H groups in total. The van der Waals surface area contributed by atoms with Gasteiger partial charge in [-0.1, -0.05) is 48.2 Å². The molecule has 2 aliphatic rings. The molecular weight excluding hydrogens is 338 g/mol. The maximum absolute atomic E-state index is 12.8. The number of carbonyl (C=O) groups excluding carboxylic acids is 1. The van der Waals surface area contributed by atoms with E-state index in [1.807, 2.05) is 6.07 Å². The topological polar surface area (TPSA) is 20.3 Å². The molecule has 3 heteroatoms. The average Bonchev–Trinajstić information content (AvgIpc) is 3.48. The van der Waals surface area contributed by atoms with Crippen LogP contribution in [0.1, 0.15) is 38.2 Å². The van der Waals surface area contributed by atoms with Gasteiger partial charge in [-0.05, 0) is 75.4 Å². The van der Waals surface area contributed by atoms with Crippen molar-refractivity contribution in [2.75, 3.05) is 19.6 Å². The highest BCUT2D eigenvalue weighted by Crippen LogP contribution is 2.43. The summed E-state index contributed by atoms with van der Waals surface area (Å²) in [7, 11) is 0. The summed E-state index contributed by atoms with van der Waals surface area (Å²) in [4.78, 5) is 17.9. The minimum atomic E-state index is -0.321. The van der Waals surface area contributed by atoms with Crippen molar-refractivity contribution in [1.82, 2.24) is 4.90 Å². The lowest BCUT2D eigenvalue weighted by Gasteiger charge is -2.41. The van der Waals surface area contributed by atoms with Crippen molar-refractivity contribution in [3.8, 4) is 0 Å². The third-order valence-electron chi connectivity index (χ3n) is 5.97. The zero-order valence-corrected chi connectivity index (χ0v) is 16.3. The summed E-state index contributed by atoms with van der Waals surface area (Å²) in [5.41, 5.74) is 0.908. The highest BCUT2D eigenvalue weighted by Gasteiger charge is 2.42.